The Bertz CT molecular complexity index is 497. The van der Waals surface area contributed by atoms with Gasteiger partial charge in [0.25, 0.3) is 0 Å². The number of hydrogen-bond donors (Lipinski definition) is 1. The Labute approximate surface area is 144 Å². The summed E-state index contributed by atoms with van der Waals surface area (Å²) in [5.41, 5.74) is 1.33. The zero-order chi connectivity index (χ0) is 16.6. The molecule has 2 heterocycles. The van der Waals surface area contributed by atoms with Crippen LogP contribution in [0.2, 0.25) is 0 Å². The van der Waals surface area contributed by atoms with Crippen molar-refractivity contribution in [2.24, 2.45) is 0 Å². The Morgan fingerprint density at radius 3 is 2.38 bits per heavy atom. The van der Waals surface area contributed by atoms with Gasteiger partial charge in [-0.15, -0.1) is 0 Å². The minimum atomic E-state index is 0.0719. The summed E-state index contributed by atoms with van der Waals surface area (Å²) in [6.45, 7) is 9.60. The molecule has 24 heavy (non-hydrogen) atoms. The van der Waals surface area contributed by atoms with Crippen molar-refractivity contribution in [3.8, 4) is 0 Å². The first-order valence-corrected chi connectivity index (χ1v) is 8.90. The van der Waals surface area contributed by atoms with E-state index >= 15 is 0 Å². The molecule has 2 saturated heterocycles. The van der Waals surface area contributed by atoms with Crippen molar-refractivity contribution in [1.29, 1.82) is 0 Å². The van der Waals surface area contributed by atoms with E-state index in [-0.39, 0.29) is 6.03 Å². The van der Waals surface area contributed by atoms with Crippen molar-refractivity contribution in [1.82, 2.24) is 20.0 Å². The largest absolute Gasteiger partial charge is 0.379 e. The van der Waals surface area contributed by atoms with Crippen LogP contribution in [-0.2, 0) is 11.3 Å². The minimum Gasteiger partial charge on any atom is -0.379 e. The van der Waals surface area contributed by atoms with E-state index in [1.807, 2.05) is 11.0 Å². The SMILES string of the molecule is O=C(NCCN1CCOCC1)N1CCN(Cc2ccccc2)CC1. The zero-order valence-corrected chi connectivity index (χ0v) is 14.3. The highest BCUT2D eigenvalue weighted by molar-refractivity contribution is 5.74. The van der Waals surface area contributed by atoms with Gasteiger partial charge in [0, 0.05) is 58.9 Å². The van der Waals surface area contributed by atoms with Gasteiger partial charge in [-0.25, -0.2) is 4.79 Å². The fourth-order valence-corrected chi connectivity index (χ4v) is 3.21. The van der Waals surface area contributed by atoms with Gasteiger partial charge in [0.15, 0.2) is 0 Å². The van der Waals surface area contributed by atoms with Crippen LogP contribution in [-0.4, -0.2) is 86.3 Å². The number of urea groups is 1. The van der Waals surface area contributed by atoms with Gasteiger partial charge in [-0.05, 0) is 5.56 Å². The average molecular weight is 332 g/mol. The van der Waals surface area contributed by atoms with Crippen LogP contribution in [0.25, 0.3) is 0 Å². The molecule has 0 atom stereocenters. The highest BCUT2D eigenvalue weighted by atomic mass is 16.5. The molecular formula is C18H28N4O2. The molecule has 1 N–H and O–H groups in total. The van der Waals surface area contributed by atoms with Crippen LogP contribution in [0.1, 0.15) is 5.56 Å². The number of hydrogen-bond acceptors (Lipinski definition) is 4. The monoisotopic (exact) mass is 332 g/mol. The smallest absolute Gasteiger partial charge is 0.317 e. The predicted molar refractivity (Wildman–Crippen MR) is 93.9 cm³/mol. The molecule has 0 spiro atoms. The van der Waals surface area contributed by atoms with Gasteiger partial charge < -0.3 is 15.0 Å². The molecular weight excluding hydrogens is 304 g/mol. The Morgan fingerprint density at radius 2 is 1.67 bits per heavy atom. The van der Waals surface area contributed by atoms with Gasteiger partial charge in [-0.1, -0.05) is 30.3 Å². The highest BCUT2D eigenvalue weighted by Crippen LogP contribution is 2.08. The van der Waals surface area contributed by atoms with Gasteiger partial charge in [0.05, 0.1) is 13.2 Å². The molecule has 3 rings (SSSR count). The summed E-state index contributed by atoms with van der Waals surface area (Å²) < 4.78 is 5.33. The second kappa shape index (κ2) is 9.01. The maximum atomic E-state index is 12.3. The first-order chi connectivity index (χ1) is 11.8. The number of benzene rings is 1. The third-order valence-corrected chi connectivity index (χ3v) is 4.72. The van der Waals surface area contributed by atoms with Gasteiger partial charge in [0.1, 0.15) is 0 Å². The van der Waals surface area contributed by atoms with Crippen molar-refractivity contribution in [3.63, 3.8) is 0 Å². The summed E-state index contributed by atoms with van der Waals surface area (Å²) in [6, 6.07) is 10.6. The third kappa shape index (κ3) is 5.19. The minimum absolute atomic E-state index is 0.0719. The molecule has 2 fully saturated rings. The normalized spacial score (nSPS) is 20.1. The van der Waals surface area contributed by atoms with Crippen LogP contribution in [0.15, 0.2) is 30.3 Å². The van der Waals surface area contributed by atoms with E-state index in [1.165, 1.54) is 5.56 Å². The summed E-state index contributed by atoms with van der Waals surface area (Å²) in [5.74, 6) is 0. The lowest BCUT2D eigenvalue weighted by molar-refractivity contribution is 0.0385. The number of amides is 2. The molecule has 1 aromatic carbocycles. The number of nitrogens with one attached hydrogen (secondary N) is 1. The predicted octanol–water partition coefficient (Wildman–Crippen LogP) is 0.846. The Hall–Kier alpha value is -1.63. The van der Waals surface area contributed by atoms with E-state index in [1.54, 1.807) is 0 Å². The molecule has 132 valence electrons. The van der Waals surface area contributed by atoms with Crippen LogP contribution >= 0.6 is 0 Å². The highest BCUT2D eigenvalue weighted by Gasteiger charge is 2.21. The van der Waals surface area contributed by atoms with Crippen LogP contribution in [0.3, 0.4) is 0 Å². The standard InChI is InChI=1S/C18H28N4O2/c23-18(19-6-7-20-12-14-24-15-13-20)22-10-8-21(9-11-22)16-17-4-2-1-3-5-17/h1-5H,6-16H2,(H,19,23). The first kappa shape index (κ1) is 17.2. The molecule has 0 saturated carbocycles. The fraction of sp³-hybridized carbons (Fsp3) is 0.611. The number of rotatable bonds is 5. The van der Waals surface area contributed by atoms with Crippen molar-refractivity contribution >= 4 is 6.03 Å². The lowest BCUT2D eigenvalue weighted by Crippen LogP contribution is -2.52. The average Bonchev–Trinajstić information content (AvgIpc) is 2.64. The fourth-order valence-electron chi connectivity index (χ4n) is 3.21. The summed E-state index contributed by atoms with van der Waals surface area (Å²) in [5, 5.41) is 3.05. The maximum absolute atomic E-state index is 12.3. The Morgan fingerprint density at radius 1 is 0.958 bits per heavy atom. The number of morpholine rings is 1. The number of piperazine rings is 1. The lowest BCUT2D eigenvalue weighted by atomic mass is 10.2. The van der Waals surface area contributed by atoms with E-state index < -0.39 is 0 Å². The van der Waals surface area contributed by atoms with Gasteiger partial charge in [-0.3, -0.25) is 9.80 Å². The van der Waals surface area contributed by atoms with Crippen LogP contribution in [0.4, 0.5) is 4.79 Å². The number of nitrogens with zero attached hydrogens (tertiary/aromatic N) is 3. The molecule has 2 amide bonds. The number of carbonyl (C=O) groups is 1. The van der Waals surface area contributed by atoms with Crippen LogP contribution < -0.4 is 5.32 Å². The van der Waals surface area contributed by atoms with Gasteiger partial charge in [0.2, 0.25) is 0 Å². The number of ether oxygens (including phenoxy) is 1. The van der Waals surface area contributed by atoms with E-state index in [4.69, 9.17) is 4.74 Å². The van der Waals surface area contributed by atoms with Crippen molar-refractivity contribution in [2.45, 2.75) is 6.54 Å². The summed E-state index contributed by atoms with van der Waals surface area (Å²) in [6.07, 6.45) is 0. The van der Waals surface area contributed by atoms with E-state index in [9.17, 15) is 4.79 Å². The van der Waals surface area contributed by atoms with Crippen molar-refractivity contribution in [2.75, 3.05) is 65.6 Å². The second-order valence-corrected chi connectivity index (χ2v) is 6.43. The molecule has 6 heteroatoms. The molecule has 0 aliphatic carbocycles. The van der Waals surface area contributed by atoms with E-state index in [2.05, 4.69) is 39.4 Å². The second-order valence-electron chi connectivity index (χ2n) is 6.43. The number of carbonyl (C=O) groups excluding carboxylic acids is 1. The summed E-state index contributed by atoms with van der Waals surface area (Å²) in [7, 11) is 0. The van der Waals surface area contributed by atoms with Crippen LogP contribution in [0.5, 0.6) is 0 Å². The molecule has 1 aromatic rings. The summed E-state index contributed by atoms with van der Waals surface area (Å²) >= 11 is 0. The molecule has 0 aromatic heterocycles. The molecule has 0 unspecified atom stereocenters. The molecule has 6 nitrogen and oxygen atoms in total. The molecule has 0 bridgehead atoms. The zero-order valence-electron chi connectivity index (χ0n) is 14.3. The Kier molecular flexibility index (Phi) is 6.46. The van der Waals surface area contributed by atoms with E-state index in [0.717, 1.165) is 65.6 Å². The van der Waals surface area contributed by atoms with Crippen molar-refractivity contribution < 1.29 is 9.53 Å². The van der Waals surface area contributed by atoms with Crippen LogP contribution in [0, 0.1) is 0 Å². The summed E-state index contributed by atoms with van der Waals surface area (Å²) in [4.78, 5) is 18.9. The van der Waals surface area contributed by atoms with Gasteiger partial charge >= 0.3 is 6.03 Å². The lowest BCUT2D eigenvalue weighted by Gasteiger charge is -2.35. The van der Waals surface area contributed by atoms with Crippen molar-refractivity contribution in [3.05, 3.63) is 35.9 Å². The Balaban J connectivity index is 1.32. The maximum Gasteiger partial charge on any atom is 0.317 e. The van der Waals surface area contributed by atoms with E-state index in [0.29, 0.717) is 6.54 Å². The third-order valence-electron chi connectivity index (χ3n) is 4.72. The van der Waals surface area contributed by atoms with Gasteiger partial charge in [-0.2, -0.15) is 0 Å². The molecule has 0 radical (unpaired) electrons. The quantitative estimate of drug-likeness (QED) is 0.868. The topological polar surface area (TPSA) is 48.1 Å². The first-order valence-electron chi connectivity index (χ1n) is 8.90. The molecule has 2 aliphatic heterocycles. The molecule has 2 aliphatic rings.